The fraction of sp³-hybridized carbons (Fsp3) is 0.222. The minimum absolute atomic E-state index is 0.0919. The zero-order valence-electron chi connectivity index (χ0n) is 7.26. The minimum Gasteiger partial charge on any atom is -0.496 e. The standard InChI is InChI=1S/C9H7F3O2/c1-6-5-7(14-9(10,11)12)3-4-8(6)13-2/h1,3-5H,2H3. The third kappa shape index (κ3) is 2.83. The Kier molecular flexibility index (Phi) is 2.88. The van der Waals surface area contributed by atoms with Gasteiger partial charge in [0, 0.05) is 12.5 Å². The van der Waals surface area contributed by atoms with Gasteiger partial charge in [-0.15, -0.1) is 13.2 Å². The highest BCUT2D eigenvalue weighted by atomic mass is 19.4. The summed E-state index contributed by atoms with van der Waals surface area (Å²) in [4.78, 5) is 0. The Bertz CT molecular complexity index is 320. The fourth-order valence-corrected chi connectivity index (χ4v) is 0.910. The molecule has 0 bridgehead atoms. The van der Waals surface area contributed by atoms with Crippen LogP contribution in [0.5, 0.6) is 11.5 Å². The molecule has 0 amide bonds. The Balaban J connectivity index is 2.87. The summed E-state index contributed by atoms with van der Waals surface area (Å²) in [7, 11) is 1.37. The van der Waals surface area contributed by atoms with Crippen molar-refractivity contribution in [3.63, 3.8) is 0 Å². The Morgan fingerprint density at radius 1 is 1.29 bits per heavy atom. The molecule has 0 aromatic heterocycles. The van der Waals surface area contributed by atoms with E-state index < -0.39 is 6.36 Å². The molecular weight excluding hydrogens is 197 g/mol. The predicted molar refractivity (Wildman–Crippen MR) is 43.1 cm³/mol. The average molecular weight is 204 g/mol. The lowest BCUT2D eigenvalue weighted by molar-refractivity contribution is -0.274. The smallest absolute Gasteiger partial charge is 0.496 e. The van der Waals surface area contributed by atoms with E-state index in [-0.39, 0.29) is 11.3 Å². The second-order valence-electron chi connectivity index (χ2n) is 2.45. The first kappa shape index (κ1) is 10.7. The quantitative estimate of drug-likeness (QED) is 0.737. The van der Waals surface area contributed by atoms with E-state index in [0.29, 0.717) is 5.75 Å². The van der Waals surface area contributed by atoms with Gasteiger partial charge < -0.3 is 9.47 Å². The fourth-order valence-electron chi connectivity index (χ4n) is 0.910. The van der Waals surface area contributed by atoms with Gasteiger partial charge in [-0.05, 0) is 18.2 Å². The van der Waals surface area contributed by atoms with Gasteiger partial charge in [-0.1, -0.05) is 0 Å². The van der Waals surface area contributed by atoms with E-state index in [1.54, 1.807) is 0 Å². The molecule has 0 aliphatic rings. The molecule has 0 unspecified atom stereocenters. The molecule has 0 fully saturated rings. The molecule has 0 atom stereocenters. The van der Waals surface area contributed by atoms with Gasteiger partial charge in [0.25, 0.3) is 0 Å². The molecule has 0 aliphatic heterocycles. The van der Waals surface area contributed by atoms with Crippen LogP contribution in [0.4, 0.5) is 13.2 Å². The van der Waals surface area contributed by atoms with Gasteiger partial charge in [0.15, 0.2) is 0 Å². The number of benzene rings is 1. The maximum atomic E-state index is 11.8. The van der Waals surface area contributed by atoms with Crippen LogP contribution in [-0.2, 0) is 0 Å². The van der Waals surface area contributed by atoms with Gasteiger partial charge in [0.1, 0.15) is 11.5 Å². The van der Waals surface area contributed by atoms with Crippen molar-refractivity contribution in [3.8, 4) is 11.5 Å². The highest BCUT2D eigenvalue weighted by Crippen LogP contribution is 2.27. The summed E-state index contributed by atoms with van der Waals surface area (Å²) in [5, 5.41) is 0. The Hall–Kier alpha value is -1.39. The van der Waals surface area contributed by atoms with Crippen LogP contribution in [0.15, 0.2) is 18.2 Å². The van der Waals surface area contributed by atoms with Crippen molar-refractivity contribution in [2.24, 2.45) is 0 Å². The van der Waals surface area contributed by atoms with Gasteiger partial charge in [-0.25, -0.2) is 0 Å². The molecule has 0 N–H and O–H groups in total. The lowest BCUT2D eigenvalue weighted by atomic mass is 10.2. The first-order valence-electron chi connectivity index (χ1n) is 3.61. The van der Waals surface area contributed by atoms with Crippen molar-refractivity contribution in [1.82, 2.24) is 0 Å². The number of hydrogen-bond acceptors (Lipinski definition) is 2. The first-order chi connectivity index (χ1) is 6.42. The van der Waals surface area contributed by atoms with Crippen LogP contribution in [-0.4, -0.2) is 13.5 Å². The molecule has 2 radical (unpaired) electrons. The summed E-state index contributed by atoms with van der Waals surface area (Å²) in [6.45, 7) is 5.38. The number of alkyl halides is 3. The molecule has 0 heterocycles. The molecule has 2 nitrogen and oxygen atoms in total. The number of ether oxygens (including phenoxy) is 2. The highest BCUT2D eigenvalue weighted by molar-refractivity contribution is 5.41. The van der Waals surface area contributed by atoms with E-state index in [9.17, 15) is 13.2 Å². The van der Waals surface area contributed by atoms with Crippen molar-refractivity contribution >= 4 is 0 Å². The van der Waals surface area contributed by atoms with Crippen molar-refractivity contribution in [2.45, 2.75) is 6.36 Å². The van der Waals surface area contributed by atoms with E-state index in [0.717, 1.165) is 12.1 Å². The van der Waals surface area contributed by atoms with E-state index in [2.05, 4.69) is 4.74 Å². The zero-order valence-corrected chi connectivity index (χ0v) is 7.26. The highest BCUT2D eigenvalue weighted by Gasteiger charge is 2.31. The van der Waals surface area contributed by atoms with Crippen LogP contribution >= 0.6 is 0 Å². The Morgan fingerprint density at radius 2 is 1.93 bits per heavy atom. The molecule has 14 heavy (non-hydrogen) atoms. The summed E-state index contributed by atoms with van der Waals surface area (Å²) in [5.41, 5.74) is 0.0919. The zero-order chi connectivity index (χ0) is 10.8. The molecule has 76 valence electrons. The van der Waals surface area contributed by atoms with Crippen LogP contribution in [0, 0.1) is 6.92 Å². The maximum Gasteiger partial charge on any atom is 0.573 e. The lowest BCUT2D eigenvalue weighted by Gasteiger charge is -2.10. The molecule has 0 saturated carbocycles. The van der Waals surface area contributed by atoms with Crippen LogP contribution in [0.25, 0.3) is 0 Å². The monoisotopic (exact) mass is 204 g/mol. The van der Waals surface area contributed by atoms with Crippen molar-refractivity contribution in [3.05, 3.63) is 30.7 Å². The minimum atomic E-state index is -4.71. The average Bonchev–Trinajstić information content (AvgIpc) is 2.01. The molecule has 0 spiro atoms. The summed E-state index contributed by atoms with van der Waals surface area (Å²) < 4.78 is 43.7. The molecule has 5 heteroatoms. The maximum absolute atomic E-state index is 11.8. The summed E-state index contributed by atoms with van der Waals surface area (Å²) >= 11 is 0. The largest absolute Gasteiger partial charge is 0.573 e. The van der Waals surface area contributed by atoms with E-state index in [4.69, 9.17) is 11.7 Å². The third-order valence-electron chi connectivity index (χ3n) is 1.43. The molecular formula is C9H7F3O2. The first-order valence-corrected chi connectivity index (χ1v) is 3.61. The van der Waals surface area contributed by atoms with Crippen molar-refractivity contribution in [2.75, 3.05) is 7.11 Å². The second kappa shape index (κ2) is 3.77. The van der Waals surface area contributed by atoms with E-state index >= 15 is 0 Å². The van der Waals surface area contributed by atoms with Crippen molar-refractivity contribution < 1.29 is 22.6 Å². The molecule has 0 saturated heterocycles. The normalized spacial score (nSPS) is 11.2. The van der Waals surface area contributed by atoms with Crippen LogP contribution in [0.3, 0.4) is 0 Å². The third-order valence-corrected chi connectivity index (χ3v) is 1.43. The summed E-state index contributed by atoms with van der Waals surface area (Å²) in [6.07, 6.45) is -4.71. The number of rotatable bonds is 2. The SMILES string of the molecule is [CH]c1cc(OC(F)(F)F)ccc1OC. The molecule has 0 aliphatic carbocycles. The van der Waals surface area contributed by atoms with Gasteiger partial charge in [0.05, 0.1) is 7.11 Å². The van der Waals surface area contributed by atoms with Gasteiger partial charge in [-0.2, -0.15) is 0 Å². The Morgan fingerprint density at radius 3 is 2.36 bits per heavy atom. The number of halogens is 3. The molecule has 1 aromatic carbocycles. The lowest BCUT2D eigenvalue weighted by Crippen LogP contribution is -2.17. The van der Waals surface area contributed by atoms with Crippen LogP contribution in [0.1, 0.15) is 5.56 Å². The number of hydrogen-bond donors (Lipinski definition) is 0. The number of methoxy groups -OCH3 is 1. The van der Waals surface area contributed by atoms with E-state index in [1.165, 1.54) is 13.2 Å². The summed E-state index contributed by atoms with van der Waals surface area (Å²) in [6, 6.07) is 3.48. The van der Waals surface area contributed by atoms with Crippen LogP contribution < -0.4 is 9.47 Å². The van der Waals surface area contributed by atoms with Gasteiger partial charge in [-0.3, -0.25) is 0 Å². The Labute approximate surface area is 79.2 Å². The van der Waals surface area contributed by atoms with Gasteiger partial charge in [0.2, 0.25) is 0 Å². The van der Waals surface area contributed by atoms with Gasteiger partial charge >= 0.3 is 6.36 Å². The topological polar surface area (TPSA) is 18.5 Å². The summed E-state index contributed by atoms with van der Waals surface area (Å²) in [5.74, 6) is -0.0599. The van der Waals surface area contributed by atoms with Crippen LogP contribution in [0.2, 0.25) is 0 Å². The molecule has 1 rings (SSSR count). The van der Waals surface area contributed by atoms with Crippen molar-refractivity contribution in [1.29, 1.82) is 0 Å². The second-order valence-corrected chi connectivity index (χ2v) is 2.45. The van der Waals surface area contributed by atoms with E-state index in [1.807, 2.05) is 0 Å². The predicted octanol–water partition coefficient (Wildman–Crippen LogP) is 2.65. The molecule has 1 aromatic rings.